The second-order valence-electron chi connectivity index (χ2n) is 6.24. The molecular weight excluding hydrogens is 380 g/mol. The first kappa shape index (κ1) is 16.8. The molecule has 1 unspecified atom stereocenters. The van der Waals surface area contributed by atoms with Crippen LogP contribution in [-0.2, 0) is 4.79 Å². The Kier molecular flexibility index (Phi) is 4.01. The molecule has 0 amide bonds. The molecule has 2 aromatic carbocycles. The lowest BCUT2D eigenvalue weighted by molar-refractivity contribution is -0.136. The molecule has 1 aromatic heterocycles. The number of carboxylic acid groups (broad SMARTS) is 1. The van der Waals surface area contributed by atoms with Gasteiger partial charge in [-0.2, -0.15) is 9.78 Å². The van der Waals surface area contributed by atoms with E-state index in [4.69, 9.17) is 14.6 Å². The van der Waals surface area contributed by atoms with E-state index in [1.165, 1.54) is 11.8 Å². The monoisotopic (exact) mass is 394 g/mol. The lowest BCUT2D eigenvalue weighted by Gasteiger charge is -2.22. The summed E-state index contributed by atoms with van der Waals surface area (Å²) >= 11 is 1.35. The highest BCUT2D eigenvalue weighted by Crippen LogP contribution is 2.38. The van der Waals surface area contributed by atoms with Crippen molar-refractivity contribution in [2.24, 2.45) is 5.10 Å². The van der Waals surface area contributed by atoms with Gasteiger partial charge >= 0.3 is 5.97 Å². The maximum Gasteiger partial charge on any atom is 0.304 e. The number of carbonyl (C=O) groups is 1. The first-order valence-electron chi connectivity index (χ1n) is 8.57. The number of benzene rings is 2. The summed E-state index contributed by atoms with van der Waals surface area (Å²) in [4.78, 5) is 11.4. The van der Waals surface area contributed by atoms with E-state index in [0.717, 1.165) is 11.1 Å². The van der Waals surface area contributed by atoms with E-state index in [2.05, 4.69) is 10.2 Å². The molecule has 140 valence electrons. The summed E-state index contributed by atoms with van der Waals surface area (Å²) in [6.07, 6.45) is -0.0510. The Morgan fingerprint density at radius 2 is 1.93 bits per heavy atom. The molecule has 0 saturated heterocycles. The van der Waals surface area contributed by atoms with Gasteiger partial charge in [-0.3, -0.25) is 4.79 Å². The van der Waals surface area contributed by atoms with Gasteiger partial charge < -0.3 is 14.6 Å². The molecule has 1 N–H and O–H groups in total. The fourth-order valence-corrected chi connectivity index (χ4v) is 4.24. The van der Waals surface area contributed by atoms with Crippen molar-refractivity contribution >= 4 is 23.4 Å². The second-order valence-corrected chi connectivity index (χ2v) is 7.41. The Morgan fingerprint density at radius 1 is 1.11 bits per heavy atom. The lowest BCUT2D eigenvalue weighted by Crippen LogP contribution is -2.27. The maximum atomic E-state index is 11.4. The fourth-order valence-electron chi connectivity index (χ4n) is 3.15. The Bertz CT molecular complexity index is 1100. The van der Waals surface area contributed by atoms with E-state index in [1.54, 1.807) is 4.68 Å². The highest BCUT2D eigenvalue weighted by Gasteiger charge is 2.31. The predicted octanol–water partition coefficient (Wildman–Crippen LogP) is 2.88. The number of rotatable bonds is 4. The SMILES string of the molecule is O=C(O)CC1Sc2nnc(-c3ccc4c(c3)OCO4)n2N=C1c1ccccc1. The normalized spacial score (nSPS) is 17.1. The summed E-state index contributed by atoms with van der Waals surface area (Å²) < 4.78 is 12.5. The molecule has 3 aromatic rings. The van der Waals surface area contributed by atoms with Gasteiger partial charge in [0, 0.05) is 5.56 Å². The number of carboxylic acids is 1. The molecule has 0 saturated carbocycles. The standard InChI is InChI=1S/C19H14N4O4S/c24-16(25)9-15-17(11-4-2-1-3-5-11)22-23-18(20-21-19(23)28-15)12-6-7-13-14(8-12)27-10-26-13/h1-8,15H,9-10H2,(H,24,25). The second kappa shape index (κ2) is 6.68. The van der Waals surface area contributed by atoms with Crippen LogP contribution in [0.5, 0.6) is 11.5 Å². The smallest absolute Gasteiger partial charge is 0.304 e. The third-order valence-electron chi connectivity index (χ3n) is 4.43. The van der Waals surface area contributed by atoms with Crippen LogP contribution in [0.2, 0.25) is 0 Å². The number of nitrogens with zero attached hydrogens (tertiary/aromatic N) is 4. The van der Waals surface area contributed by atoms with E-state index < -0.39 is 5.97 Å². The molecule has 0 fully saturated rings. The molecule has 3 heterocycles. The Labute approximate surface area is 163 Å². The largest absolute Gasteiger partial charge is 0.481 e. The predicted molar refractivity (Wildman–Crippen MR) is 102 cm³/mol. The Balaban J connectivity index is 1.60. The summed E-state index contributed by atoms with van der Waals surface area (Å²) in [6, 6.07) is 15.1. The zero-order valence-corrected chi connectivity index (χ0v) is 15.3. The van der Waals surface area contributed by atoms with E-state index in [0.29, 0.717) is 28.2 Å². The van der Waals surface area contributed by atoms with Crippen LogP contribution in [0.3, 0.4) is 0 Å². The molecule has 8 nitrogen and oxygen atoms in total. The summed E-state index contributed by atoms with van der Waals surface area (Å²) in [5.74, 6) is 1.01. The van der Waals surface area contributed by atoms with Crippen molar-refractivity contribution in [3.8, 4) is 22.9 Å². The van der Waals surface area contributed by atoms with Gasteiger partial charge in [-0.1, -0.05) is 42.1 Å². The van der Waals surface area contributed by atoms with Crippen molar-refractivity contribution in [3.05, 3.63) is 54.1 Å². The van der Waals surface area contributed by atoms with Crippen molar-refractivity contribution < 1.29 is 19.4 Å². The number of hydrogen-bond acceptors (Lipinski definition) is 7. The Morgan fingerprint density at radius 3 is 2.75 bits per heavy atom. The van der Waals surface area contributed by atoms with E-state index >= 15 is 0 Å². The molecule has 0 bridgehead atoms. The average Bonchev–Trinajstić information content (AvgIpc) is 3.33. The number of aromatic nitrogens is 3. The summed E-state index contributed by atoms with van der Waals surface area (Å²) in [5.41, 5.74) is 2.34. The molecule has 0 spiro atoms. The highest BCUT2D eigenvalue weighted by molar-refractivity contribution is 8.00. The van der Waals surface area contributed by atoms with Crippen LogP contribution in [0.15, 0.2) is 58.8 Å². The summed E-state index contributed by atoms with van der Waals surface area (Å²) in [5, 5.41) is 22.7. The zero-order valence-electron chi connectivity index (χ0n) is 14.5. The van der Waals surface area contributed by atoms with E-state index in [9.17, 15) is 9.90 Å². The molecule has 5 rings (SSSR count). The molecule has 2 aliphatic rings. The minimum atomic E-state index is -0.884. The number of ether oxygens (including phenoxy) is 2. The van der Waals surface area contributed by atoms with Crippen LogP contribution < -0.4 is 9.47 Å². The van der Waals surface area contributed by atoms with Crippen LogP contribution in [0.4, 0.5) is 0 Å². The molecule has 2 aliphatic heterocycles. The number of fused-ring (bicyclic) bond motifs is 2. The molecular formula is C19H14N4O4S. The van der Waals surface area contributed by atoms with Crippen LogP contribution in [-0.4, -0.2) is 43.7 Å². The highest BCUT2D eigenvalue weighted by atomic mass is 32.2. The summed E-state index contributed by atoms with van der Waals surface area (Å²) in [6.45, 7) is 0.194. The van der Waals surface area contributed by atoms with Crippen LogP contribution in [0, 0.1) is 0 Å². The third-order valence-corrected chi connectivity index (χ3v) is 5.57. The van der Waals surface area contributed by atoms with Gasteiger partial charge in [-0.25, -0.2) is 0 Å². The zero-order chi connectivity index (χ0) is 19.1. The van der Waals surface area contributed by atoms with Gasteiger partial charge in [0.15, 0.2) is 17.3 Å². The van der Waals surface area contributed by atoms with Gasteiger partial charge in [0.25, 0.3) is 0 Å². The van der Waals surface area contributed by atoms with Crippen molar-refractivity contribution in [3.63, 3.8) is 0 Å². The number of aliphatic carboxylic acids is 1. The molecule has 0 radical (unpaired) electrons. The third kappa shape index (κ3) is 2.89. The van der Waals surface area contributed by atoms with Crippen molar-refractivity contribution in [1.29, 1.82) is 0 Å². The lowest BCUT2D eigenvalue weighted by atomic mass is 10.1. The van der Waals surface area contributed by atoms with E-state index in [-0.39, 0.29) is 18.5 Å². The van der Waals surface area contributed by atoms with Gasteiger partial charge in [-0.15, -0.1) is 10.2 Å². The van der Waals surface area contributed by atoms with Gasteiger partial charge in [-0.05, 0) is 23.8 Å². The average molecular weight is 394 g/mol. The Hall–Kier alpha value is -3.33. The first-order valence-corrected chi connectivity index (χ1v) is 9.45. The molecule has 0 aliphatic carbocycles. The maximum absolute atomic E-state index is 11.4. The number of hydrogen-bond donors (Lipinski definition) is 1. The van der Waals surface area contributed by atoms with Crippen LogP contribution in [0.25, 0.3) is 11.4 Å². The topological polar surface area (TPSA) is 98.8 Å². The quantitative estimate of drug-likeness (QED) is 0.726. The van der Waals surface area contributed by atoms with Gasteiger partial charge in [0.2, 0.25) is 11.9 Å². The molecule has 9 heteroatoms. The fraction of sp³-hybridized carbons (Fsp3) is 0.158. The van der Waals surface area contributed by atoms with Gasteiger partial charge in [0.05, 0.1) is 17.4 Å². The first-order chi connectivity index (χ1) is 13.7. The van der Waals surface area contributed by atoms with Crippen molar-refractivity contribution in [1.82, 2.24) is 14.9 Å². The molecule has 28 heavy (non-hydrogen) atoms. The van der Waals surface area contributed by atoms with E-state index in [1.807, 2.05) is 48.5 Å². The summed E-state index contributed by atoms with van der Waals surface area (Å²) in [7, 11) is 0. The van der Waals surface area contributed by atoms with Crippen LogP contribution >= 0.6 is 11.8 Å². The number of thioether (sulfide) groups is 1. The van der Waals surface area contributed by atoms with Crippen molar-refractivity contribution in [2.75, 3.05) is 6.79 Å². The van der Waals surface area contributed by atoms with Crippen molar-refractivity contribution in [2.45, 2.75) is 16.8 Å². The minimum Gasteiger partial charge on any atom is -0.481 e. The van der Waals surface area contributed by atoms with Crippen LogP contribution in [0.1, 0.15) is 12.0 Å². The van der Waals surface area contributed by atoms with Gasteiger partial charge in [0.1, 0.15) is 0 Å². The molecule has 1 atom stereocenters. The minimum absolute atomic E-state index is 0.0510.